The van der Waals surface area contributed by atoms with Crippen molar-refractivity contribution in [2.75, 3.05) is 0 Å². The number of hydrogen-bond acceptors (Lipinski definition) is 3. The van der Waals surface area contributed by atoms with Crippen LogP contribution in [0.5, 0.6) is 0 Å². The Hall–Kier alpha value is -0.900. The highest BCUT2D eigenvalue weighted by Gasteiger charge is 2.39. The molecule has 4 heteroatoms. The number of carbonyl (C=O) groups excluding carboxylic acids is 1. The molecule has 0 saturated heterocycles. The van der Waals surface area contributed by atoms with Crippen LogP contribution in [0.25, 0.3) is 0 Å². The molecule has 0 radical (unpaired) electrons. The summed E-state index contributed by atoms with van der Waals surface area (Å²) >= 11 is 0. The summed E-state index contributed by atoms with van der Waals surface area (Å²) in [6, 6.07) is 0. The zero-order valence-electron chi connectivity index (χ0n) is 61.1. The van der Waals surface area contributed by atoms with Gasteiger partial charge in [-0.1, -0.05) is 451 Å². The van der Waals surface area contributed by atoms with Gasteiger partial charge >= 0.3 is 5.97 Å². The van der Waals surface area contributed by atoms with E-state index in [-0.39, 0.29) is 5.92 Å². The van der Waals surface area contributed by atoms with Crippen LogP contribution in [0, 0.1) is 29.6 Å². The topological polar surface area (TPSA) is 74.6 Å². The zero-order valence-corrected chi connectivity index (χ0v) is 61.1. The smallest absolute Gasteiger partial charge is 0.309 e. The minimum absolute atomic E-state index is 0.281. The van der Waals surface area contributed by atoms with Gasteiger partial charge in [-0.25, -0.2) is 0 Å². The molecule has 88 heavy (non-hydrogen) atoms. The van der Waals surface area contributed by atoms with Gasteiger partial charge in [-0.15, -0.1) is 0 Å². The highest BCUT2D eigenvalue weighted by atomic mass is 16.4. The first kappa shape index (κ1) is 85.1. The Kier molecular flexibility index (Phi) is 66.7. The molecule has 1 saturated carbocycles. The minimum atomic E-state index is -0.801. The molecule has 524 valence electrons. The van der Waals surface area contributed by atoms with Gasteiger partial charge in [0.25, 0.3) is 0 Å². The molecule has 0 spiro atoms. The summed E-state index contributed by atoms with van der Waals surface area (Å²) in [5.74, 6) is 2.49. The fourth-order valence-corrected chi connectivity index (χ4v) is 15.2. The third-order valence-electron chi connectivity index (χ3n) is 21.8. The van der Waals surface area contributed by atoms with Crippen LogP contribution in [-0.4, -0.2) is 28.1 Å². The van der Waals surface area contributed by atoms with Gasteiger partial charge in [0.05, 0.1) is 12.0 Å². The summed E-state index contributed by atoms with van der Waals surface area (Å²) in [4.78, 5) is 24.7. The summed E-state index contributed by atoms with van der Waals surface area (Å²) in [7, 11) is 0. The number of hydrogen-bond donors (Lipinski definition) is 2. The predicted octanol–water partition coefficient (Wildman–Crippen LogP) is 29.3. The van der Waals surface area contributed by atoms with Gasteiger partial charge in [-0.3, -0.25) is 9.59 Å². The minimum Gasteiger partial charge on any atom is -0.481 e. The summed E-state index contributed by atoms with van der Waals surface area (Å²) in [6.45, 7) is 9.35. The molecular weight excluding hydrogens is 1070 g/mol. The van der Waals surface area contributed by atoms with E-state index in [4.69, 9.17) is 0 Å². The largest absolute Gasteiger partial charge is 0.481 e. The zero-order chi connectivity index (χ0) is 63.5. The van der Waals surface area contributed by atoms with Crippen molar-refractivity contribution < 1.29 is 19.8 Å². The monoisotopic (exact) mass is 1240 g/mol. The molecule has 1 aliphatic carbocycles. The lowest BCUT2D eigenvalue weighted by Crippen LogP contribution is -2.28. The number of carbonyl (C=O) groups is 2. The molecule has 0 aromatic heterocycles. The SMILES string of the molecule is CCCCCCCCCCCCCCCCCCCCCC[C@@H](C(=O)O)[C@H](O)CCCCCCCCCCCCCCCCCC1CC1C(C)CCCCCCCCCCCCCCCCC(=O)[C@@H](C)CCCCCCCCCCCCCCCCCC. The van der Waals surface area contributed by atoms with Crippen LogP contribution in [-0.2, 0) is 9.59 Å². The van der Waals surface area contributed by atoms with Crippen molar-refractivity contribution in [3.63, 3.8) is 0 Å². The van der Waals surface area contributed by atoms with Crippen LogP contribution in [0.2, 0.25) is 0 Å². The summed E-state index contributed by atoms with van der Waals surface area (Å²) < 4.78 is 0. The van der Waals surface area contributed by atoms with Crippen molar-refractivity contribution in [1.29, 1.82) is 0 Å². The molecule has 0 aliphatic heterocycles. The maximum Gasteiger partial charge on any atom is 0.309 e. The lowest BCUT2D eigenvalue weighted by Gasteiger charge is -2.19. The van der Waals surface area contributed by atoms with Crippen molar-refractivity contribution in [2.24, 2.45) is 29.6 Å². The van der Waals surface area contributed by atoms with E-state index in [1.54, 1.807) is 0 Å². The number of aliphatic carboxylic acids is 1. The van der Waals surface area contributed by atoms with Gasteiger partial charge in [0.15, 0.2) is 0 Å². The predicted molar refractivity (Wildman–Crippen MR) is 391 cm³/mol. The fraction of sp³-hybridized carbons (Fsp3) is 0.976. The van der Waals surface area contributed by atoms with Gasteiger partial charge in [0.1, 0.15) is 5.78 Å². The van der Waals surface area contributed by atoms with E-state index in [9.17, 15) is 19.8 Å². The number of aliphatic hydroxyl groups is 1. The van der Waals surface area contributed by atoms with Crippen LogP contribution in [0.1, 0.15) is 490 Å². The normalized spacial score (nSPS) is 15.5. The number of carboxylic acid groups (broad SMARTS) is 1. The molecule has 0 bridgehead atoms. The number of Topliss-reactive ketones (excluding diaryl/α,β-unsaturated/α-hetero) is 1. The Bertz CT molecular complexity index is 1380. The molecule has 1 rings (SSSR count). The Balaban J connectivity index is 1.77. The Morgan fingerprint density at radius 2 is 0.545 bits per heavy atom. The van der Waals surface area contributed by atoms with E-state index >= 15 is 0 Å². The molecule has 4 nitrogen and oxygen atoms in total. The van der Waals surface area contributed by atoms with E-state index in [1.807, 2.05) is 0 Å². The van der Waals surface area contributed by atoms with Gasteiger partial charge in [-0.2, -0.15) is 0 Å². The first-order chi connectivity index (χ1) is 43.3. The molecular formula is C84H164O4. The van der Waals surface area contributed by atoms with Crippen molar-refractivity contribution in [3.8, 4) is 0 Å². The van der Waals surface area contributed by atoms with E-state index in [0.29, 0.717) is 18.6 Å². The van der Waals surface area contributed by atoms with E-state index in [1.165, 1.54) is 405 Å². The first-order valence-electron chi connectivity index (χ1n) is 41.7. The van der Waals surface area contributed by atoms with Crippen molar-refractivity contribution in [3.05, 3.63) is 0 Å². The number of rotatable bonds is 77. The second-order valence-corrected chi connectivity index (χ2v) is 30.5. The molecule has 0 aromatic rings. The fourth-order valence-electron chi connectivity index (χ4n) is 15.2. The van der Waals surface area contributed by atoms with Crippen molar-refractivity contribution in [2.45, 2.75) is 496 Å². The molecule has 3 unspecified atom stereocenters. The molecule has 0 amide bonds. The standard InChI is InChI=1S/C84H164O4/c1-5-7-9-11-13-15-17-19-21-23-24-25-26-30-37-43-49-55-61-67-73-80(84(87)88)83(86)75-69-63-57-51-45-39-31-27-29-36-42-48-54-60-66-72-79-76-81(79)77(3)70-64-58-52-46-40-34-32-33-38-44-50-56-62-68-74-82(85)78(4)71-65-59-53-47-41-35-28-22-20-18-16-14-12-10-8-6-2/h77-81,83,86H,5-76H2,1-4H3,(H,87,88)/t77?,78-,79?,80+,81?,83+/m0/s1. The number of aliphatic hydroxyl groups excluding tert-OH is 1. The Morgan fingerprint density at radius 1 is 0.307 bits per heavy atom. The van der Waals surface area contributed by atoms with E-state index in [0.717, 1.165) is 62.7 Å². The van der Waals surface area contributed by atoms with E-state index < -0.39 is 18.0 Å². The van der Waals surface area contributed by atoms with Crippen LogP contribution < -0.4 is 0 Å². The molecule has 1 aliphatic rings. The van der Waals surface area contributed by atoms with E-state index in [2.05, 4.69) is 27.7 Å². The lowest BCUT2D eigenvalue weighted by atomic mass is 9.91. The Morgan fingerprint density at radius 3 is 0.841 bits per heavy atom. The third-order valence-corrected chi connectivity index (χ3v) is 21.8. The molecule has 0 heterocycles. The average Bonchev–Trinajstić information content (AvgIpc) is 4.47. The van der Waals surface area contributed by atoms with Gasteiger partial charge in [0.2, 0.25) is 0 Å². The summed E-state index contributed by atoms with van der Waals surface area (Å²) in [6.07, 6.45) is 96.3. The van der Waals surface area contributed by atoms with Gasteiger partial charge < -0.3 is 10.2 Å². The second-order valence-electron chi connectivity index (χ2n) is 30.5. The maximum atomic E-state index is 12.7. The van der Waals surface area contributed by atoms with Crippen molar-refractivity contribution in [1.82, 2.24) is 0 Å². The summed E-state index contributed by atoms with van der Waals surface area (Å²) in [5.41, 5.74) is 0. The number of ketones is 1. The lowest BCUT2D eigenvalue weighted by molar-refractivity contribution is -0.146. The van der Waals surface area contributed by atoms with Gasteiger partial charge in [-0.05, 0) is 49.9 Å². The highest BCUT2D eigenvalue weighted by Crippen LogP contribution is 2.49. The Labute approximate surface area is 554 Å². The molecule has 1 fully saturated rings. The highest BCUT2D eigenvalue weighted by molar-refractivity contribution is 5.80. The number of unbranched alkanes of at least 4 members (excludes halogenated alkanes) is 61. The first-order valence-corrected chi connectivity index (χ1v) is 41.7. The maximum absolute atomic E-state index is 12.7. The second kappa shape index (κ2) is 68.9. The van der Waals surface area contributed by atoms with Crippen LogP contribution in [0.15, 0.2) is 0 Å². The number of carboxylic acids is 1. The third kappa shape index (κ3) is 60.1. The van der Waals surface area contributed by atoms with Crippen molar-refractivity contribution >= 4 is 11.8 Å². The molecule has 0 aromatic carbocycles. The van der Waals surface area contributed by atoms with Crippen LogP contribution in [0.3, 0.4) is 0 Å². The average molecular weight is 1240 g/mol. The van der Waals surface area contributed by atoms with Gasteiger partial charge in [0, 0.05) is 12.3 Å². The molecule has 2 N–H and O–H groups in total. The van der Waals surface area contributed by atoms with Crippen LogP contribution >= 0.6 is 0 Å². The molecule has 6 atom stereocenters. The van der Waals surface area contributed by atoms with Crippen LogP contribution in [0.4, 0.5) is 0 Å². The summed E-state index contributed by atoms with van der Waals surface area (Å²) in [5, 5.41) is 20.6. The quantitative estimate of drug-likeness (QED) is 0.0595.